The summed E-state index contributed by atoms with van der Waals surface area (Å²) in [5.74, 6) is -0.270. The van der Waals surface area contributed by atoms with Crippen molar-refractivity contribution in [2.24, 2.45) is 0 Å². The number of carbonyl (C=O) groups is 1. The average molecular weight is 271 g/mol. The van der Waals surface area contributed by atoms with Crippen LogP contribution in [0.2, 0.25) is 0 Å². The molecule has 0 atom stereocenters. The topological polar surface area (TPSA) is 47.6 Å². The van der Waals surface area contributed by atoms with Gasteiger partial charge in [0.1, 0.15) is 12.7 Å². The second-order valence-corrected chi connectivity index (χ2v) is 7.81. The number of rotatable bonds is 3. The van der Waals surface area contributed by atoms with Crippen molar-refractivity contribution in [3.63, 3.8) is 0 Å². The smallest absolute Gasteiger partial charge is 0.332 e. The van der Waals surface area contributed by atoms with Gasteiger partial charge in [-0.25, -0.2) is 4.79 Å². The molecule has 112 valence electrons. The highest BCUT2D eigenvalue weighted by Gasteiger charge is 2.39. The van der Waals surface area contributed by atoms with Gasteiger partial charge in [0, 0.05) is 23.9 Å². The van der Waals surface area contributed by atoms with Crippen LogP contribution in [0.5, 0.6) is 0 Å². The normalized spacial score (nSPS) is 23.1. The van der Waals surface area contributed by atoms with Crippen LogP contribution in [-0.4, -0.2) is 35.4 Å². The lowest BCUT2D eigenvalue weighted by atomic mass is 9.81. The van der Waals surface area contributed by atoms with E-state index in [1.54, 1.807) is 0 Å². The van der Waals surface area contributed by atoms with Crippen molar-refractivity contribution in [1.82, 2.24) is 5.32 Å². The van der Waals surface area contributed by atoms with E-state index in [4.69, 9.17) is 9.47 Å². The molecule has 0 spiro atoms. The van der Waals surface area contributed by atoms with E-state index in [2.05, 4.69) is 33.0 Å². The summed E-state index contributed by atoms with van der Waals surface area (Å²) in [7, 11) is 0. The number of nitrogens with one attached hydrogen (secondary N) is 1. The molecule has 1 aliphatic rings. The van der Waals surface area contributed by atoms with Gasteiger partial charge < -0.3 is 14.8 Å². The molecular weight excluding hydrogens is 242 g/mol. The Bertz CT molecular complexity index is 313. The molecule has 4 nitrogen and oxygen atoms in total. The Kier molecular flexibility index (Phi) is 4.68. The first-order valence-corrected chi connectivity index (χ1v) is 7.01. The molecule has 1 rings (SSSR count). The third kappa shape index (κ3) is 6.39. The minimum Gasteiger partial charge on any atom is -0.461 e. The van der Waals surface area contributed by atoms with E-state index >= 15 is 0 Å². The van der Waals surface area contributed by atoms with Crippen LogP contribution in [-0.2, 0) is 14.3 Å². The summed E-state index contributed by atoms with van der Waals surface area (Å²) < 4.78 is 11.0. The first kappa shape index (κ1) is 16.4. The molecule has 1 N–H and O–H groups in total. The van der Waals surface area contributed by atoms with E-state index in [0.29, 0.717) is 0 Å². The fourth-order valence-electron chi connectivity index (χ4n) is 2.81. The third-order valence-electron chi connectivity index (χ3n) is 3.07. The zero-order valence-corrected chi connectivity index (χ0v) is 13.4. The van der Waals surface area contributed by atoms with E-state index in [9.17, 15) is 4.79 Å². The number of hydrogen-bond donors (Lipinski definition) is 1. The molecule has 0 amide bonds. The Balaban J connectivity index is 2.50. The largest absolute Gasteiger partial charge is 0.461 e. The quantitative estimate of drug-likeness (QED) is 0.802. The lowest BCUT2D eigenvalue weighted by Crippen LogP contribution is -2.59. The summed E-state index contributed by atoms with van der Waals surface area (Å²) in [6.45, 7) is 14.4. The van der Waals surface area contributed by atoms with Gasteiger partial charge in [-0.3, -0.25) is 0 Å². The van der Waals surface area contributed by atoms with Gasteiger partial charge in [0.05, 0.1) is 5.60 Å². The Labute approximate surface area is 117 Å². The summed E-state index contributed by atoms with van der Waals surface area (Å²) in [5.41, 5.74) is -0.346. The Morgan fingerprint density at radius 1 is 1.16 bits per heavy atom. The van der Waals surface area contributed by atoms with Gasteiger partial charge in [-0.05, 0) is 48.5 Å². The maximum Gasteiger partial charge on any atom is 0.332 e. The van der Waals surface area contributed by atoms with E-state index in [0.717, 1.165) is 12.8 Å². The summed E-state index contributed by atoms with van der Waals surface area (Å²) in [5, 5.41) is 3.57. The molecule has 0 aromatic heterocycles. The van der Waals surface area contributed by atoms with Crippen molar-refractivity contribution in [3.8, 4) is 0 Å². The molecule has 0 unspecified atom stereocenters. The fourth-order valence-corrected chi connectivity index (χ4v) is 2.81. The van der Waals surface area contributed by atoms with Gasteiger partial charge in [0.25, 0.3) is 0 Å². The molecular formula is C15H29NO3. The van der Waals surface area contributed by atoms with Crippen LogP contribution in [0.15, 0.2) is 0 Å². The minimum absolute atomic E-state index is 0.0163. The maximum atomic E-state index is 11.8. The van der Waals surface area contributed by atoms with Crippen LogP contribution in [0.1, 0.15) is 61.3 Å². The first-order valence-electron chi connectivity index (χ1n) is 7.01. The number of esters is 1. The van der Waals surface area contributed by atoms with Crippen LogP contribution in [0, 0.1) is 0 Å². The number of hydrogen-bond acceptors (Lipinski definition) is 4. The van der Waals surface area contributed by atoms with Crippen molar-refractivity contribution in [2.75, 3.05) is 6.61 Å². The molecule has 1 heterocycles. The summed E-state index contributed by atoms with van der Waals surface area (Å²) in [6, 6.07) is 0. The van der Waals surface area contributed by atoms with Crippen LogP contribution >= 0.6 is 0 Å². The van der Waals surface area contributed by atoms with E-state index in [1.807, 2.05) is 20.8 Å². The van der Waals surface area contributed by atoms with Crippen LogP contribution in [0.4, 0.5) is 0 Å². The van der Waals surface area contributed by atoms with Gasteiger partial charge >= 0.3 is 5.97 Å². The lowest BCUT2D eigenvalue weighted by Gasteiger charge is -2.45. The monoisotopic (exact) mass is 271 g/mol. The second-order valence-electron chi connectivity index (χ2n) is 7.81. The number of ether oxygens (including phenoxy) is 2. The molecule has 1 aliphatic heterocycles. The lowest BCUT2D eigenvalue weighted by molar-refractivity contribution is -0.163. The summed E-state index contributed by atoms with van der Waals surface area (Å²) in [4.78, 5) is 11.8. The molecule has 0 bridgehead atoms. The SMILES string of the molecule is CC1(C)CC(OC(=O)COC(C)(C)C)CC(C)(C)N1. The standard InChI is InChI=1S/C15H29NO3/c1-13(2,3)18-10-12(17)19-11-8-14(4,5)16-15(6,7)9-11/h11,16H,8-10H2,1-7H3. The first-order chi connectivity index (χ1) is 8.39. The van der Waals surface area contributed by atoms with Crippen LogP contribution < -0.4 is 5.32 Å². The number of carbonyl (C=O) groups excluding carboxylic acids is 1. The minimum atomic E-state index is -0.314. The molecule has 4 heteroatoms. The van der Waals surface area contributed by atoms with Crippen LogP contribution in [0.3, 0.4) is 0 Å². The predicted molar refractivity (Wildman–Crippen MR) is 76.1 cm³/mol. The van der Waals surface area contributed by atoms with E-state index < -0.39 is 0 Å². The van der Waals surface area contributed by atoms with Gasteiger partial charge in [-0.15, -0.1) is 0 Å². The molecule has 1 saturated heterocycles. The molecule has 19 heavy (non-hydrogen) atoms. The van der Waals surface area contributed by atoms with Gasteiger partial charge in [0.2, 0.25) is 0 Å². The van der Waals surface area contributed by atoms with Crippen molar-refractivity contribution in [2.45, 2.75) is 84.1 Å². The predicted octanol–water partition coefficient (Wildman–Crippen LogP) is 2.65. The Hall–Kier alpha value is -0.610. The zero-order valence-electron chi connectivity index (χ0n) is 13.4. The Morgan fingerprint density at radius 3 is 2.05 bits per heavy atom. The highest BCUT2D eigenvalue weighted by Crippen LogP contribution is 2.30. The zero-order chi connectivity index (χ0) is 14.9. The van der Waals surface area contributed by atoms with Crippen molar-refractivity contribution >= 4 is 5.97 Å². The fraction of sp³-hybridized carbons (Fsp3) is 0.933. The molecule has 0 saturated carbocycles. The van der Waals surface area contributed by atoms with Gasteiger partial charge in [-0.2, -0.15) is 0 Å². The maximum absolute atomic E-state index is 11.8. The third-order valence-corrected chi connectivity index (χ3v) is 3.07. The molecule has 0 radical (unpaired) electrons. The van der Waals surface area contributed by atoms with Crippen molar-refractivity contribution in [1.29, 1.82) is 0 Å². The van der Waals surface area contributed by atoms with Crippen molar-refractivity contribution in [3.05, 3.63) is 0 Å². The van der Waals surface area contributed by atoms with E-state index in [-0.39, 0.29) is 35.4 Å². The number of piperidine rings is 1. The highest BCUT2D eigenvalue weighted by atomic mass is 16.6. The van der Waals surface area contributed by atoms with Crippen LogP contribution in [0.25, 0.3) is 0 Å². The summed E-state index contributed by atoms with van der Waals surface area (Å²) >= 11 is 0. The second kappa shape index (κ2) is 5.41. The molecule has 0 aromatic rings. The van der Waals surface area contributed by atoms with E-state index in [1.165, 1.54) is 0 Å². The van der Waals surface area contributed by atoms with Gasteiger partial charge in [-0.1, -0.05) is 0 Å². The Morgan fingerprint density at radius 2 is 1.63 bits per heavy atom. The van der Waals surface area contributed by atoms with Crippen molar-refractivity contribution < 1.29 is 14.3 Å². The van der Waals surface area contributed by atoms with Gasteiger partial charge in [0.15, 0.2) is 0 Å². The molecule has 1 fully saturated rings. The molecule has 0 aliphatic carbocycles. The summed E-state index contributed by atoms with van der Waals surface area (Å²) in [6.07, 6.45) is 1.62. The molecule has 0 aromatic carbocycles. The highest BCUT2D eigenvalue weighted by molar-refractivity contribution is 5.71. The average Bonchev–Trinajstić information content (AvgIpc) is 2.07.